The molecule has 0 amide bonds. The molecule has 0 aliphatic heterocycles. The van der Waals surface area contributed by atoms with Crippen LogP contribution in [0, 0.1) is 0 Å². The maximum Gasteiger partial charge on any atom is 0.227 e. The second-order valence-electron chi connectivity index (χ2n) is 12.8. The van der Waals surface area contributed by atoms with E-state index in [0.717, 1.165) is 56.1 Å². The Hall–Kier alpha value is -6.91. The van der Waals surface area contributed by atoms with Crippen molar-refractivity contribution >= 4 is 60.7 Å². The van der Waals surface area contributed by atoms with E-state index in [0.29, 0.717) is 5.89 Å². The van der Waals surface area contributed by atoms with Crippen molar-refractivity contribution in [3.8, 4) is 28.3 Å². The summed E-state index contributed by atoms with van der Waals surface area (Å²) in [6.07, 6.45) is 0. The standard InChI is InChI=1S/C47H31N3O/c1-4-14-32(15-5-1)35-19-12-22-37(30-35)49(43-25-13-24-41-46(43)51-47(48-41)34-17-6-2-7-18-34)38-27-28-40-44(31-38)50(36-20-8-3-9-21-36)42-29-26-33-16-10-11-23-39(33)45(40)42/h1-31H. The molecule has 2 aromatic heterocycles. The lowest BCUT2D eigenvalue weighted by molar-refractivity contribution is 0.620. The zero-order valence-corrected chi connectivity index (χ0v) is 27.6. The minimum absolute atomic E-state index is 0.600. The first kappa shape index (κ1) is 29.0. The third-order valence-electron chi connectivity index (χ3n) is 9.78. The third kappa shape index (κ3) is 4.88. The first-order chi connectivity index (χ1) is 25.3. The maximum absolute atomic E-state index is 6.64. The van der Waals surface area contributed by atoms with E-state index in [1.807, 2.05) is 36.4 Å². The first-order valence-corrected chi connectivity index (χ1v) is 17.2. The lowest BCUT2D eigenvalue weighted by Gasteiger charge is -2.26. The number of benzene rings is 8. The predicted octanol–water partition coefficient (Wildman–Crippen LogP) is 12.9. The van der Waals surface area contributed by atoms with Gasteiger partial charge in [-0.3, -0.25) is 0 Å². The molecule has 240 valence electrons. The van der Waals surface area contributed by atoms with E-state index in [1.165, 1.54) is 27.1 Å². The molecular formula is C47H31N3O. The fourth-order valence-corrected chi connectivity index (χ4v) is 7.47. The summed E-state index contributed by atoms with van der Waals surface area (Å²) in [5.41, 5.74) is 11.2. The van der Waals surface area contributed by atoms with Crippen molar-refractivity contribution in [3.63, 3.8) is 0 Å². The number of hydrogen-bond donors (Lipinski definition) is 0. The molecule has 0 aliphatic rings. The highest BCUT2D eigenvalue weighted by molar-refractivity contribution is 6.21. The van der Waals surface area contributed by atoms with Gasteiger partial charge in [0, 0.05) is 33.4 Å². The van der Waals surface area contributed by atoms with E-state index in [-0.39, 0.29) is 0 Å². The molecule has 8 aromatic carbocycles. The van der Waals surface area contributed by atoms with E-state index in [4.69, 9.17) is 9.40 Å². The summed E-state index contributed by atoms with van der Waals surface area (Å²) in [4.78, 5) is 7.25. The summed E-state index contributed by atoms with van der Waals surface area (Å²) >= 11 is 0. The molecule has 0 atom stereocenters. The Morgan fingerprint density at radius 2 is 1.16 bits per heavy atom. The number of rotatable bonds is 6. The van der Waals surface area contributed by atoms with Crippen LogP contribution >= 0.6 is 0 Å². The van der Waals surface area contributed by atoms with Gasteiger partial charge in [-0.25, -0.2) is 4.98 Å². The first-order valence-electron chi connectivity index (χ1n) is 17.2. The Morgan fingerprint density at radius 1 is 0.471 bits per heavy atom. The molecule has 4 nitrogen and oxygen atoms in total. The summed E-state index contributed by atoms with van der Waals surface area (Å²) in [5, 5.41) is 4.93. The Labute approximate surface area is 295 Å². The van der Waals surface area contributed by atoms with Crippen molar-refractivity contribution in [1.82, 2.24) is 9.55 Å². The average Bonchev–Trinajstić information content (AvgIpc) is 3.79. The van der Waals surface area contributed by atoms with Crippen molar-refractivity contribution in [1.29, 1.82) is 0 Å². The van der Waals surface area contributed by atoms with Gasteiger partial charge in [-0.2, -0.15) is 0 Å². The number of nitrogens with zero attached hydrogens (tertiary/aromatic N) is 3. The van der Waals surface area contributed by atoms with Crippen LogP contribution in [-0.4, -0.2) is 9.55 Å². The van der Waals surface area contributed by atoms with Crippen LogP contribution in [-0.2, 0) is 0 Å². The summed E-state index contributed by atoms with van der Waals surface area (Å²) in [5.74, 6) is 0.600. The van der Waals surface area contributed by atoms with Crippen LogP contribution in [0.3, 0.4) is 0 Å². The van der Waals surface area contributed by atoms with Crippen LogP contribution in [0.4, 0.5) is 17.1 Å². The van der Waals surface area contributed by atoms with Crippen molar-refractivity contribution in [3.05, 3.63) is 188 Å². The van der Waals surface area contributed by atoms with E-state index < -0.39 is 0 Å². The molecule has 0 unspecified atom stereocenters. The van der Waals surface area contributed by atoms with Gasteiger partial charge < -0.3 is 13.9 Å². The smallest absolute Gasteiger partial charge is 0.227 e. The van der Waals surface area contributed by atoms with Crippen LogP contribution in [0.5, 0.6) is 0 Å². The monoisotopic (exact) mass is 653 g/mol. The number of oxazole rings is 1. The predicted molar refractivity (Wildman–Crippen MR) is 211 cm³/mol. The number of hydrogen-bond acceptors (Lipinski definition) is 3. The van der Waals surface area contributed by atoms with E-state index in [2.05, 4.69) is 161 Å². The number of aromatic nitrogens is 2. The molecule has 0 spiro atoms. The Morgan fingerprint density at radius 3 is 1.98 bits per heavy atom. The molecular weight excluding hydrogens is 623 g/mol. The van der Waals surface area contributed by atoms with Crippen LogP contribution in [0.2, 0.25) is 0 Å². The average molecular weight is 654 g/mol. The SMILES string of the molecule is c1ccc(-c2cccc(N(c3ccc4c5c6ccccc6ccc5n(-c5ccccc5)c4c3)c3cccc4nc(-c5ccccc5)oc34)c2)cc1. The molecule has 0 fully saturated rings. The van der Waals surface area contributed by atoms with Crippen LogP contribution in [0.15, 0.2) is 192 Å². The zero-order chi connectivity index (χ0) is 33.7. The topological polar surface area (TPSA) is 34.2 Å². The van der Waals surface area contributed by atoms with Crippen molar-refractivity contribution < 1.29 is 4.42 Å². The zero-order valence-electron chi connectivity index (χ0n) is 27.6. The highest BCUT2D eigenvalue weighted by Gasteiger charge is 2.22. The maximum atomic E-state index is 6.64. The molecule has 0 aliphatic carbocycles. The quantitative estimate of drug-likeness (QED) is 0.179. The normalized spacial score (nSPS) is 11.5. The number of para-hydroxylation sites is 2. The van der Waals surface area contributed by atoms with Gasteiger partial charge in [0.05, 0.1) is 16.7 Å². The fraction of sp³-hybridized carbons (Fsp3) is 0. The van der Waals surface area contributed by atoms with Gasteiger partial charge >= 0.3 is 0 Å². The van der Waals surface area contributed by atoms with Crippen molar-refractivity contribution in [2.75, 3.05) is 4.90 Å². The molecule has 2 heterocycles. The van der Waals surface area contributed by atoms with Gasteiger partial charge in [0.1, 0.15) is 5.52 Å². The van der Waals surface area contributed by atoms with E-state index in [9.17, 15) is 0 Å². The van der Waals surface area contributed by atoms with E-state index in [1.54, 1.807) is 0 Å². The van der Waals surface area contributed by atoms with Crippen LogP contribution < -0.4 is 4.90 Å². The molecule has 0 saturated heterocycles. The van der Waals surface area contributed by atoms with Crippen LogP contribution in [0.1, 0.15) is 0 Å². The van der Waals surface area contributed by atoms with Gasteiger partial charge in [-0.15, -0.1) is 0 Å². The highest BCUT2D eigenvalue weighted by atomic mass is 16.3. The summed E-state index contributed by atoms with van der Waals surface area (Å²) in [6, 6.07) is 66.2. The fourth-order valence-electron chi connectivity index (χ4n) is 7.47. The summed E-state index contributed by atoms with van der Waals surface area (Å²) in [6.45, 7) is 0. The molecule has 10 rings (SSSR count). The highest BCUT2D eigenvalue weighted by Crippen LogP contribution is 2.44. The van der Waals surface area contributed by atoms with Crippen molar-refractivity contribution in [2.24, 2.45) is 0 Å². The minimum Gasteiger partial charge on any atom is -0.434 e. The van der Waals surface area contributed by atoms with Gasteiger partial charge in [-0.1, -0.05) is 121 Å². The second-order valence-corrected chi connectivity index (χ2v) is 12.8. The lowest BCUT2D eigenvalue weighted by Crippen LogP contribution is -2.10. The minimum atomic E-state index is 0.600. The van der Waals surface area contributed by atoms with Gasteiger partial charge in [0.25, 0.3) is 0 Å². The molecule has 10 aromatic rings. The molecule has 0 N–H and O–H groups in total. The number of fused-ring (bicyclic) bond motifs is 6. The molecule has 0 radical (unpaired) electrons. The van der Waals surface area contributed by atoms with Gasteiger partial charge in [0.15, 0.2) is 5.58 Å². The van der Waals surface area contributed by atoms with Crippen molar-refractivity contribution in [2.45, 2.75) is 0 Å². The Bertz CT molecular complexity index is 2850. The van der Waals surface area contributed by atoms with E-state index >= 15 is 0 Å². The largest absolute Gasteiger partial charge is 0.434 e. The van der Waals surface area contributed by atoms with Crippen LogP contribution in [0.25, 0.3) is 71.9 Å². The number of anilines is 3. The van der Waals surface area contributed by atoms with Gasteiger partial charge in [0.2, 0.25) is 5.89 Å². The molecule has 4 heteroatoms. The Kier molecular flexibility index (Phi) is 6.78. The summed E-state index contributed by atoms with van der Waals surface area (Å²) in [7, 11) is 0. The molecule has 51 heavy (non-hydrogen) atoms. The Balaban J connectivity index is 1.26. The molecule has 0 saturated carbocycles. The third-order valence-corrected chi connectivity index (χ3v) is 9.78. The summed E-state index contributed by atoms with van der Waals surface area (Å²) < 4.78 is 9.03. The van der Waals surface area contributed by atoms with Gasteiger partial charge in [-0.05, 0) is 88.6 Å². The lowest BCUT2D eigenvalue weighted by atomic mass is 10.0. The molecule has 0 bridgehead atoms. The second kappa shape index (κ2) is 11.9.